The van der Waals surface area contributed by atoms with E-state index in [1.54, 1.807) is 0 Å². The minimum Gasteiger partial charge on any atom is -0.312 e. The van der Waals surface area contributed by atoms with E-state index in [9.17, 15) is 0 Å². The van der Waals surface area contributed by atoms with Gasteiger partial charge < -0.3 is 10.2 Å². The normalized spacial score (nSPS) is 22.5. The highest BCUT2D eigenvalue weighted by molar-refractivity contribution is 4.83. The molecule has 106 valence electrons. The van der Waals surface area contributed by atoms with Crippen LogP contribution in [0.3, 0.4) is 0 Å². The molecule has 2 rings (SSSR count). The Hall–Kier alpha value is -0.0800. The molecule has 2 aliphatic rings. The van der Waals surface area contributed by atoms with Crippen LogP contribution >= 0.6 is 0 Å². The zero-order valence-corrected chi connectivity index (χ0v) is 12.8. The fourth-order valence-electron chi connectivity index (χ4n) is 2.54. The third-order valence-electron chi connectivity index (χ3n) is 3.98. The summed E-state index contributed by atoms with van der Waals surface area (Å²) >= 11 is 0. The lowest BCUT2D eigenvalue weighted by atomic mass is 10.1. The van der Waals surface area contributed by atoms with Crippen LogP contribution in [0.4, 0.5) is 0 Å². The van der Waals surface area contributed by atoms with E-state index in [0.29, 0.717) is 0 Å². The van der Waals surface area contributed by atoms with Crippen LogP contribution in [0.1, 0.15) is 53.4 Å². The molecule has 0 spiro atoms. The fourth-order valence-corrected chi connectivity index (χ4v) is 2.54. The van der Waals surface area contributed by atoms with Crippen LogP contribution in [0.25, 0.3) is 0 Å². The Morgan fingerprint density at radius 2 is 1.56 bits per heavy atom. The van der Waals surface area contributed by atoms with Crippen molar-refractivity contribution in [3.8, 4) is 0 Å². The molecule has 2 fully saturated rings. The van der Waals surface area contributed by atoms with Crippen LogP contribution < -0.4 is 5.32 Å². The van der Waals surface area contributed by atoms with Crippen LogP contribution in [0.2, 0.25) is 0 Å². The zero-order chi connectivity index (χ0) is 13.2. The van der Waals surface area contributed by atoms with Crippen molar-refractivity contribution in [2.24, 2.45) is 17.8 Å². The minimum absolute atomic E-state index is 0.256. The van der Waals surface area contributed by atoms with Gasteiger partial charge in [0.1, 0.15) is 0 Å². The molecule has 0 amide bonds. The minimum atomic E-state index is 0.256. The zero-order valence-electron chi connectivity index (χ0n) is 12.8. The molecule has 2 heteroatoms. The smallest absolute Gasteiger partial charge is 0.00966 e. The van der Waals surface area contributed by atoms with Crippen molar-refractivity contribution >= 4 is 0 Å². The highest BCUT2D eigenvalue weighted by Crippen LogP contribution is 2.33. The molecule has 0 heterocycles. The number of nitrogens with one attached hydrogen (secondary N) is 1. The van der Waals surface area contributed by atoms with E-state index in [1.165, 1.54) is 45.3 Å². The van der Waals surface area contributed by atoms with Crippen molar-refractivity contribution in [3.05, 3.63) is 0 Å². The predicted molar refractivity (Wildman–Crippen MR) is 78.8 cm³/mol. The van der Waals surface area contributed by atoms with Crippen molar-refractivity contribution in [3.63, 3.8) is 0 Å². The first-order chi connectivity index (χ1) is 8.42. The van der Waals surface area contributed by atoms with Gasteiger partial charge >= 0.3 is 0 Å². The van der Waals surface area contributed by atoms with Crippen molar-refractivity contribution in [2.75, 3.05) is 26.2 Å². The number of hydrogen-bond acceptors (Lipinski definition) is 2. The summed E-state index contributed by atoms with van der Waals surface area (Å²) in [7, 11) is 0. The largest absolute Gasteiger partial charge is 0.312 e. The molecule has 0 bridgehead atoms. The average molecular weight is 252 g/mol. The van der Waals surface area contributed by atoms with E-state index in [-0.39, 0.29) is 5.54 Å². The molecule has 1 atom stereocenters. The lowest BCUT2D eigenvalue weighted by Gasteiger charge is -2.28. The summed E-state index contributed by atoms with van der Waals surface area (Å²) in [5.41, 5.74) is 0.256. The Balaban J connectivity index is 1.68. The third-order valence-corrected chi connectivity index (χ3v) is 3.98. The molecule has 18 heavy (non-hydrogen) atoms. The molecule has 1 unspecified atom stereocenters. The van der Waals surface area contributed by atoms with Crippen LogP contribution in [0, 0.1) is 17.8 Å². The summed E-state index contributed by atoms with van der Waals surface area (Å²) < 4.78 is 0. The topological polar surface area (TPSA) is 15.3 Å². The Morgan fingerprint density at radius 1 is 1.06 bits per heavy atom. The highest BCUT2D eigenvalue weighted by atomic mass is 15.1. The summed E-state index contributed by atoms with van der Waals surface area (Å²) in [5.74, 6) is 2.83. The second-order valence-electron chi connectivity index (χ2n) is 7.84. The van der Waals surface area contributed by atoms with Crippen molar-refractivity contribution in [1.82, 2.24) is 10.2 Å². The summed E-state index contributed by atoms with van der Waals surface area (Å²) in [6.07, 6.45) is 5.93. The lowest BCUT2D eigenvalue weighted by molar-refractivity contribution is 0.212. The van der Waals surface area contributed by atoms with Gasteiger partial charge in [0.05, 0.1) is 0 Å². The monoisotopic (exact) mass is 252 g/mol. The Bertz CT molecular complexity index is 234. The molecule has 0 aliphatic heterocycles. The molecule has 2 aliphatic carbocycles. The van der Waals surface area contributed by atoms with Gasteiger partial charge in [-0.25, -0.2) is 0 Å². The predicted octanol–water partition coefficient (Wildman–Crippen LogP) is 3.13. The van der Waals surface area contributed by atoms with E-state index in [0.717, 1.165) is 24.3 Å². The van der Waals surface area contributed by atoms with Gasteiger partial charge in [-0.3, -0.25) is 0 Å². The Labute approximate surface area is 114 Å². The van der Waals surface area contributed by atoms with E-state index >= 15 is 0 Å². The van der Waals surface area contributed by atoms with Crippen molar-refractivity contribution in [2.45, 2.75) is 58.9 Å². The molecule has 0 aromatic carbocycles. The lowest BCUT2D eigenvalue weighted by Crippen LogP contribution is -2.42. The molecule has 2 saturated carbocycles. The molecule has 0 saturated heterocycles. The summed E-state index contributed by atoms with van der Waals surface area (Å²) in [5, 5.41) is 3.64. The standard InChI is InChI=1S/C16H32N2/c1-13(9-17-16(2,3)4)10-18(11-14-5-6-14)12-15-7-8-15/h13-15,17H,5-12H2,1-4H3. The summed E-state index contributed by atoms with van der Waals surface area (Å²) in [6.45, 7) is 14.3. The Kier molecular flexibility index (Phi) is 4.71. The van der Waals surface area contributed by atoms with Crippen LogP contribution in [0.15, 0.2) is 0 Å². The van der Waals surface area contributed by atoms with Gasteiger partial charge in [0.15, 0.2) is 0 Å². The maximum Gasteiger partial charge on any atom is 0.00966 e. The van der Waals surface area contributed by atoms with Gasteiger partial charge in [-0.2, -0.15) is 0 Å². The molecule has 2 nitrogen and oxygen atoms in total. The van der Waals surface area contributed by atoms with Crippen LogP contribution in [0.5, 0.6) is 0 Å². The van der Waals surface area contributed by atoms with Gasteiger partial charge in [-0.05, 0) is 70.8 Å². The molecule has 0 aromatic rings. The molecule has 1 N–H and O–H groups in total. The summed E-state index contributed by atoms with van der Waals surface area (Å²) in [4.78, 5) is 2.75. The van der Waals surface area contributed by atoms with Crippen molar-refractivity contribution < 1.29 is 0 Å². The second-order valence-corrected chi connectivity index (χ2v) is 7.84. The van der Waals surface area contributed by atoms with Gasteiger partial charge in [-0.15, -0.1) is 0 Å². The first-order valence-corrected chi connectivity index (χ1v) is 7.90. The number of nitrogens with zero attached hydrogens (tertiary/aromatic N) is 1. The maximum atomic E-state index is 3.64. The highest BCUT2D eigenvalue weighted by Gasteiger charge is 2.29. The van der Waals surface area contributed by atoms with Crippen molar-refractivity contribution in [1.29, 1.82) is 0 Å². The molecule has 0 radical (unpaired) electrons. The fraction of sp³-hybridized carbons (Fsp3) is 1.00. The summed E-state index contributed by atoms with van der Waals surface area (Å²) in [6, 6.07) is 0. The van der Waals surface area contributed by atoms with E-state index in [2.05, 4.69) is 37.9 Å². The van der Waals surface area contributed by atoms with E-state index < -0.39 is 0 Å². The number of hydrogen-bond donors (Lipinski definition) is 1. The van der Waals surface area contributed by atoms with Gasteiger partial charge in [0, 0.05) is 25.2 Å². The number of rotatable bonds is 8. The van der Waals surface area contributed by atoms with Crippen LogP contribution in [-0.4, -0.2) is 36.6 Å². The first kappa shape index (κ1) is 14.3. The maximum absolute atomic E-state index is 3.64. The van der Waals surface area contributed by atoms with Gasteiger partial charge in [-0.1, -0.05) is 6.92 Å². The van der Waals surface area contributed by atoms with E-state index in [4.69, 9.17) is 0 Å². The molecule has 0 aromatic heterocycles. The first-order valence-electron chi connectivity index (χ1n) is 7.90. The SMILES string of the molecule is CC(CNC(C)(C)C)CN(CC1CC1)CC1CC1. The molecular formula is C16H32N2. The average Bonchev–Trinajstić information content (AvgIpc) is 3.09. The molecular weight excluding hydrogens is 220 g/mol. The quantitative estimate of drug-likeness (QED) is 0.714. The second kappa shape index (κ2) is 5.92. The van der Waals surface area contributed by atoms with E-state index in [1.807, 2.05) is 0 Å². The van der Waals surface area contributed by atoms with Crippen LogP contribution in [-0.2, 0) is 0 Å². The van der Waals surface area contributed by atoms with Gasteiger partial charge in [0.25, 0.3) is 0 Å². The third kappa shape index (κ3) is 6.19. The Morgan fingerprint density at radius 3 is 1.94 bits per heavy atom. The van der Waals surface area contributed by atoms with Gasteiger partial charge in [0.2, 0.25) is 0 Å².